The number of hydrogen-bond acceptors (Lipinski definition) is 5. The lowest BCUT2D eigenvalue weighted by atomic mass is 10.2. The highest BCUT2D eigenvalue weighted by Crippen LogP contribution is 2.33. The average molecular weight is 419 g/mol. The van der Waals surface area contributed by atoms with Crippen molar-refractivity contribution in [2.45, 2.75) is 41.4 Å². The summed E-state index contributed by atoms with van der Waals surface area (Å²) < 4.78 is 25.8. The van der Waals surface area contributed by atoms with Crippen LogP contribution in [-0.4, -0.2) is 31.2 Å². The van der Waals surface area contributed by atoms with Crippen LogP contribution in [-0.2, 0) is 26.0 Å². The van der Waals surface area contributed by atoms with Crippen LogP contribution in [0.15, 0.2) is 58.3 Å². The van der Waals surface area contributed by atoms with Crippen LogP contribution < -0.4 is 10.6 Å². The van der Waals surface area contributed by atoms with E-state index >= 15 is 0 Å². The van der Waals surface area contributed by atoms with E-state index in [1.54, 1.807) is 6.07 Å². The minimum Gasteiger partial charge on any atom is -0.352 e. The first kappa shape index (κ1) is 20.4. The van der Waals surface area contributed by atoms with Gasteiger partial charge in [-0.2, -0.15) is 0 Å². The number of rotatable bonds is 6. The van der Waals surface area contributed by atoms with Gasteiger partial charge in [0.1, 0.15) is 0 Å². The van der Waals surface area contributed by atoms with Gasteiger partial charge in [-0.3, -0.25) is 9.59 Å². The van der Waals surface area contributed by atoms with Crippen LogP contribution in [0.25, 0.3) is 0 Å². The molecule has 0 bridgehead atoms. The number of carbonyl (C=O) groups excluding carboxylic acids is 2. The number of amides is 2. The number of nitrogens with one attached hydrogen (secondary N) is 2. The van der Waals surface area contributed by atoms with Crippen LogP contribution in [0.5, 0.6) is 0 Å². The molecule has 1 atom stereocenters. The molecule has 1 heterocycles. The molecule has 8 heteroatoms. The molecule has 0 aliphatic carbocycles. The Bertz CT molecular complexity index is 975. The minimum atomic E-state index is -3.70. The summed E-state index contributed by atoms with van der Waals surface area (Å²) >= 11 is 1.51. The lowest BCUT2D eigenvalue weighted by Gasteiger charge is -2.15. The first-order valence-corrected chi connectivity index (χ1v) is 11.5. The Morgan fingerprint density at radius 2 is 1.96 bits per heavy atom. The third-order valence-electron chi connectivity index (χ3n) is 4.48. The Morgan fingerprint density at radius 1 is 1.21 bits per heavy atom. The number of hydrogen-bond donors (Lipinski definition) is 2. The van der Waals surface area contributed by atoms with Gasteiger partial charge >= 0.3 is 0 Å². The second-order valence-electron chi connectivity index (χ2n) is 6.63. The first-order chi connectivity index (χ1) is 13.4. The molecule has 0 radical (unpaired) electrons. The molecule has 0 spiro atoms. The van der Waals surface area contributed by atoms with Gasteiger partial charge in [0, 0.05) is 30.0 Å². The number of carbonyl (C=O) groups is 2. The van der Waals surface area contributed by atoms with E-state index in [1.807, 2.05) is 30.3 Å². The third kappa shape index (κ3) is 4.94. The molecule has 1 aliphatic rings. The van der Waals surface area contributed by atoms with Gasteiger partial charge in [-0.25, -0.2) is 8.42 Å². The van der Waals surface area contributed by atoms with E-state index in [-0.39, 0.29) is 23.1 Å². The largest absolute Gasteiger partial charge is 0.352 e. The number of anilines is 1. The Hall–Kier alpha value is -2.32. The van der Waals surface area contributed by atoms with E-state index in [0.29, 0.717) is 24.4 Å². The normalized spacial score (nSPS) is 15.1. The lowest BCUT2D eigenvalue weighted by molar-refractivity contribution is -0.121. The molecule has 0 aromatic heterocycles. The summed E-state index contributed by atoms with van der Waals surface area (Å²) in [5, 5.41) is 4.62. The third-order valence-corrected chi connectivity index (χ3v) is 7.69. The fraction of sp³-hybridized carbons (Fsp3) is 0.300. The molecule has 2 aromatic carbocycles. The van der Waals surface area contributed by atoms with E-state index in [0.717, 1.165) is 10.5 Å². The number of thioether (sulfide) groups is 1. The molecule has 2 aromatic rings. The highest BCUT2D eigenvalue weighted by atomic mass is 32.2. The van der Waals surface area contributed by atoms with Gasteiger partial charge in [0.25, 0.3) is 0 Å². The summed E-state index contributed by atoms with van der Waals surface area (Å²) in [4.78, 5) is 24.9. The van der Waals surface area contributed by atoms with Crippen molar-refractivity contribution in [1.29, 1.82) is 0 Å². The molecule has 2 N–H and O–H groups in total. The van der Waals surface area contributed by atoms with Crippen molar-refractivity contribution < 1.29 is 18.0 Å². The van der Waals surface area contributed by atoms with Crippen molar-refractivity contribution in [3.05, 3.63) is 54.1 Å². The van der Waals surface area contributed by atoms with Crippen LogP contribution >= 0.6 is 11.8 Å². The van der Waals surface area contributed by atoms with E-state index in [4.69, 9.17) is 0 Å². The highest BCUT2D eigenvalue weighted by Gasteiger charge is 2.27. The number of benzene rings is 2. The molecule has 28 heavy (non-hydrogen) atoms. The van der Waals surface area contributed by atoms with Crippen LogP contribution in [0.2, 0.25) is 0 Å². The highest BCUT2D eigenvalue weighted by molar-refractivity contribution is 7.99. The van der Waals surface area contributed by atoms with Crippen molar-refractivity contribution in [3.8, 4) is 0 Å². The van der Waals surface area contributed by atoms with E-state index in [2.05, 4.69) is 10.6 Å². The molecule has 0 unspecified atom stereocenters. The van der Waals surface area contributed by atoms with Gasteiger partial charge in [0.05, 0.1) is 15.8 Å². The fourth-order valence-corrected chi connectivity index (χ4v) is 5.16. The zero-order chi connectivity index (χ0) is 20.1. The fourth-order valence-electron chi connectivity index (χ4n) is 2.85. The zero-order valence-electron chi connectivity index (χ0n) is 15.5. The van der Waals surface area contributed by atoms with Crippen molar-refractivity contribution in [2.24, 2.45) is 0 Å². The Morgan fingerprint density at radius 3 is 2.71 bits per heavy atom. The lowest BCUT2D eigenvalue weighted by Crippen LogP contribution is -2.29. The van der Waals surface area contributed by atoms with E-state index in [9.17, 15) is 18.0 Å². The predicted octanol–water partition coefficient (Wildman–Crippen LogP) is 2.99. The van der Waals surface area contributed by atoms with Gasteiger partial charge in [0.15, 0.2) is 9.84 Å². The molecule has 3 rings (SSSR count). The molecule has 0 saturated carbocycles. The monoisotopic (exact) mass is 418 g/mol. The molecular formula is C20H22N2O4S2. The summed E-state index contributed by atoms with van der Waals surface area (Å²) in [6.45, 7) is 1.88. The van der Waals surface area contributed by atoms with Crippen molar-refractivity contribution in [3.63, 3.8) is 0 Å². The SMILES string of the molecule is C[C@@H](CC(=O)NCc1ccccc1)S(=O)(=O)c1ccc2c(c1)NC(=O)CCS2. The molecule has 0 saturated heterocycles. The summed E-state index contributed by atoms with van der Waals surface area (Å²) in [7, 11) is -3.70. The van der Waals surface area contributed by atoms with E-state index < -0.39 is 15.1 Å². The Kier molecular flexibility index (Phi) is 6.41. The maximum Gasteiger partial charge on any atom is 0.225 e. The average Bonchev–Trinajstić information content (AvgIpc) is 2.87. The van der Waals surface area contributed by atoms with Crippen LogP contribution in [0.3, 0.4) is 0 Å². The zero-order valence-corrected chi connectivity index (χ0v) is 17.1. The van der Waals surface area contributed by atoms with Crippen LogP contribution in [0.1, 0.15) is 25.3 Å². The standard InChI is InChI=1S/C20H22N2O4S2/c1-14(11-20(24)21-13-15-5-3-2-4-6-15)28(25,26)16-7-8-18-17(12-16)22-19(23)9-10-27-18/h2-8,12,14H,9-11,13H2,1H3,(H,21,24)(H,22,23)/t14-/m0/s1. The summed E-state index contributed by atoms with van der Waals surface area (Å²) in [5.74, 6) is 0.204. The van der Waals surface area contributed by atoms with Crippen LogP contribution in [0, 0.1) is 0 Å². The molecule has 1 aliphatic heterocycles. The van der Waals surface area contributed by atoms with Crippen molar-refractivity contribution in [2.75, 3.05) is 11.1 Å². The maximum atomic E-state index is 12.9. The topological polar surface area (TPSA) is 92.3 Å². The molecule has 148 valence electrons. The summed E-state index contributed by atoms with van der Waals surface area (Å²) in [6.07, 6.45) is 0.257. The second-order valence-corrected chi connectivity index (χ2v) is 10.1. The van der Waals surface area contributed by atoms with Gasteiger partial charge < -0.3 is 10.6 Å². The van der Waals surface area contributed by atoms with Gasteiger partial charge in [-0.15, -0.1) is 11.8 Å². The Labute approximate surface area is 169 Å². The molecule has 0 fully saturated rings. The Balaban J connectivity index is 1.68. The predicted molar refractivity (Wildman–Crippen MR) is 110 cm³/mol. The second kappa shape index (κ2) is 8.79. The first-order valence-electron chi connectivity index (χ1n) is 8.97. The quantitative estimate of drug-likeness (QED) is 0.752. The minimum absolute atomic E-state index is 0.109. The molecule has 6 nitrogen and oxygen atoms in total. The smallest absolute Gasteiger partial charge is 0.225 e. The van der Waals surface area contributed by atoms with Crippen molar-refractivity contribution >= 4 is 39.1 Å². The molecule has 2 amide bonds. The summed E-state index contributed by atoms with van der Waals surface area (Å²) in [6, 6.07) is 14.2. The number of fused-ring (bicyclic) bond motifs is 1. The number of sulfone groups is 1. The molecular weight excluding hydrogens is 396 g/mol. The maximum absolute atomic E-state index is 12.9. The summed E-state index contributed by atoms with van der Waals surface area (Å²) in [5.41, 5.74) is 1.46. The van der Waals surface area contributed by atoms with Crippen molar-refractivity contribution in [1.82, 2.24) is 5.32 Å². The van der Waals surface area contributed by atoms with E-state index in [1.165, 1.54) is 30.8 Å². The van der Waals surface area contributed by atoms with Gasteiger partial charge in [0.2, 0.25) is 11.8 Å². The van der Waals surface area contributed by atoms with Gasteiger partial charge in [-0.1, -0.05) is 30.3 Å². The van der Waals surface area contributed by atoms with Gasteiger partial charge in [-0.05, 0) is 30.7 Å². The van der Waals surface area contributed by atoms with Crippen LogP contribution in [0.4, 0.5) is 5.69 Å².